The Morgan fingerprint density at radius 3 is 2.33 bits per heavy atom. The fourth-order valence-electron chi connectivity index (χ4n) is 3.57. The van der Waals surface area contributed by atoms with Crippen molar-refractivity contribution >= 4 is 33.3 Å². The van der Waals surface area contributed by atoms with Crippen LogP contribution in [0.5, 0.6) is 0 Å². The van der Waals surface area contributed by atoms with Gasteiger partial charge in [0.05, 0.1) is 9.92 Å². The molecule has 2 heterocycles. The SMILES string of the molecule is CCN(CC)S(=O)(=O)c1ccc(C)c(C(=O)N2CCN(c3ccc(Cl)cn3)CC2)c1. The second kappa shape index (κ2) is 9.32. The Morgan fingerprint density at radius 2 is 1.77 bits per heavy atom. The number of sulfonamides is 1. The number of benzene rings is 1. The van der Waals surface area contributed by atoms with Crippen LogP contribution in [0, 0.1) is 6.92 Å². The van der Waals surface area contributed by atoms with Gasteiger partial charge < -0.3 is 9.80 Å². The number of hydrogen-bond acceptors (Lipinski definition) is 5. The number of pyridine rings is 1. The number of anilines is 1. The Labute approximate surface area is 183 Å². The first kappa shape index (κ1) is 22.5. The number of halogens is 1. The number of carbonyl (C=O) groups excluding carboxylic acids is 1. The molecule has 0 radical (unpaired) electrons. The minimum atomic E-state index is -3.62. The Kier molecular flexibility index (Phi) is 7.00. The lowest BCUT2D eigenvalue weighted by atomic mass is 10.1. The summed E-state index contributed by atoms with van der Waals surface area (Å²) in [5.41, 5.74) is 1.20. The summed E-state index contributed by atoms with van der Waals surface area (Å²) in [6.45, 7) is 8.58. The maximum Gasteiger partial charge on any atom is 0.254 e. The zero-order chi connectivity index (χ0) is 21.9. The van der Waals surface area contributed by atoms with Gasteiger partial charge in [-0.2, -0.15) is 4.31 Å². The van der Waals surface area contributed by atoms with Gasteiger partial charge in [-0.15, -0.1) is 0 Å². The molecule has 0 N–H and O–H groups in total. The highest BCUT2D eigenvalue weighted by Crippen LogP contribution is 2.22. The molecule has 1 aromatic carbocycles. The standard InChI is InChI=1S/C21H27ClN4O3S/c1-4-26(5-2)30(28,29)18-8-6-16(3)19(14-18)21(27)25-12-10-24(11-13-25)20-9-7-17(22)15-23-20/h6-9,14-15H,4-5,10-13H2,1-3H3. The fourth-order valence-corrected chi connectivity index (χ4v) is 5.17. The third-order valence-corrected chi connectivity index (χ3v) is 7.65. The molecule has 1 aliphatic heterocycles. The van der Waals surface area contributed by atoms with Crippen LogP contribution in [0.15, 0.2) is 41.4 Å². The van der Waals surface area contributed by atoms with Gasteiger partial charge >= 0.3 is 0 Å². The van der Waals surface area contributed by atoms with E-state index >= 15 is 0 Å². The highest BCUT2D eigenvalue weighted by atomic mass is 35.5. The van der Waals surface area contributed by atoms with Crippen molar-refractivity contribution in [3.8, 4) is 0 Å². The van der Waals surface area contributed by atoms with Crippen molar-refractivity contribution in [2.45, 2.75) is 25.7 Å². The van der Waals surface area contributed by atoms with Crippen LogP contribution < -0.4 is 4.90 Å². The Hall–Kier alpha value is -2.16. The summed E-state index contributed by atoms with van der Waals surface area (Å²) in [5.74, 6) is 0.683. The lowest BCUT2D eigenvalue weighted by Gasteiger charge is -2.35. The van der Waals surface area contributed by atoms with Crippen molar-refractivity contribution in [1.82, 2.24) is 14.2 Å². The summed E-state index contributed by atoms with van der Waals surface area (Å²) in [6, 6.07) is 8.46. The quantitative estimate of drug-likeness (QED) is 0.676. The Bertz CT molecular complexity index is 999. The van der Waals surface area contributed by atoms with Crippen LogP contribution in [0.4, 0.5) is 5.82 Å². The molecule has 2 aromatic rings. The molecule has 3 rings (SSSR count). The molecular formula is C21H27ClN4O3S. The van der Waals surface area contributed by atoms with E-state index in [0.717, 1.165) is 11.4 Å². The van der Waals surface area contributed by atoms with E-state index in [1.54, 1.807) is 43.1 Å². The summed E-state index contributed by atoms with van der Waals surface area (Å²) in [6.07, 6.45) is 1.61. The highest BCUT2D eigenvalue weighted by molar-refractivity contribution is 7.89. The number of aryl methyl sites for hydroxylation is 1. The first-order valence-corrected chi connectivity index (χ1v) is 11.9. The molecule has 0 atom stereocenters. The molecule has 1 aromatic heterocycles. The van der Waals surface area contributed by atoms with Crippen molar-refractivity contribution < 1.29 is 13.2 Å². The number of piperazine rings is 1. The van der Waals surface area contributed by atoms with E-state index in [1.807, 2.05) is 13.0 Å². The molecule has 0 unspecified atom stereocenters. The molecule has 7 nitrogen and oxygen atoms in total. The largest absolute Gasteiger partial charge is 0.353 e. The third kappa shape index (κ3) is 4.61. The average molecular weight is 451 g/mol. The first-order valence-electron chi connectivity index (χ1n) is 10.0. The molecule has 1 amide bonds. The van der Waals surface area contributed by atoms with Gasteiger partial charge in [0.15, 0.2) is 0 Å². The molecule has 1 aliphatic rings. The van der Waals surface area contributed by atoms with Crippen LogP contribution in [-0.4, -0.2) is 67.8 Å². The van der Waals surface area contributed by atoms with E-state index in [9.17, 15) is 13.2 Å². The number of rotatable bonds is 6. The lowest BCUT2D eigenvalue weighted by molar-refractivity contribution is 0.0745. The Morgan fingerprint density at radius 1 is 1.10 bits per heavy atom. The number of hydrogen-bond donors (Lipinski definition) is 0. The second-order valence-corrected chi connectivity index (χ2v) is 9.55. The zero-order valence-electron chi connectivity index (χ0n) is 17.5. The minimum absolute atomic E-state index is 0.146. The summed E-state index contributed by atoms with van der Waals surface area (Å²) < 4.78 is 27.1. The van der Waals surface area contributed by atoms with E-state index in [0.29, 0.717) is 49.9 Å². The van der Waals surface area contributed by atoms with E-state index in [-0.39, 0.29) is 10.8 Å². The van der Waals surface area contributed by atoms with Crippen LogP contribution >= 0.6 is 11.6 Å². The molecule has 9 heteroatoms. The molecule has 1 fully saturated rings. The van der Waals surface area contributed by atoms with Crippen molar-refractivity contribution in [1.29, 1.82) is 0 Å². The molecule has 162 valence electrons. The monoisotopic (exact) mass is 450 g/mol. The first-order chi connectivity index (χ1) is 14.3. The van der Waals surface area contributed by atoms with E-state index in [1.165, 1.54) is 10.4 Å². The predicted octanol–water partition coefficient (Wildman–Crippen LogP) is 3.04. The van der Waals surface area contributed by atoms with Gasteiger partial charge in [0.1, 0.15) is 5.82 Å². The van der Waals surface area contributed by atoms with Gasteiger partial charge in [-0.3, -0.25) is 4.79 Å². The van der Waals surface area contributed by atoms with Crippen LogP contribution in [0.25, 0.3) is 0 Å². The molecular weight excluding hydrogens is 424 g/mol. The number of amides is 1. The van der Waals surface area contributed by atoms with E-state index in [4.69, 9.17) is 11.6 Å². The summed E-state index contributed by atoms with van der Waals surface area (Å²) in [4.78, 5) is 21.5. The third-order valence-electron chi connectivity index (χ3n) is 5.39. The van der Waals surface area contributed by atoms with Gasteiger partial charge in [-0.25, -0.2) is 13.4 Å². The van der Waals surface area contributed by atoms with Crippen LogP contribution in [0.1, 0.15) is 29.8 Å². The van der Waals surface area contributed by atoms with Crippen molar-refractivity contribution in [3.05, 3.63) is 52.7 Å². The number of carbonyl (C=O) groups is 1. The molecule has 0 spiro atoms. The lowest BCUT2D eigenvalue weighted by Crippen LogP contribution is -2.49. The van der Waals surface area contributed by atoms with Gasteiger partial charge in [0.25, 0.3) is 5.91 Å². The zero-order valence-corrected chi connectivity index (χ0v) is 19.1. The van der Waals surface area contributed by atoms with Crippen LogP contribution in [0.3, 0.4) is 0 Å². The Balaban J connectivity index is 1.76. The van der Waals surface area contributed by atoms with Gasteiger partial charge in [-0.05, 0) is 36.8 Å². The molecule has 1 saturated heterocycles. The smallest absolute Gasteiger partial charge is 0.254 e. The summed E-state index contributed by atoms with van der Waals surface area (Å²) in [7, 11) is -3.62. The van der Waals surface area contributed by atoms with Crippen LogP contribution in [0.2, 0.25) is 5.02 Å². The summed E-state index contributed by atoms with van der Waals surface area (Å²) in [5, 5.41) is 0.586. The number of aromatic nitrogens is 1. The van der Waals surface area contributed by atoms with Crippen LogP contribution in [-0.2, 0) is 10.0 Å². The fraction of sp³-hybridized carbons (Fsp3) is 0.429. The molecule has 0 aliphatic carbocycles. The van der Waals surface area contributed by atoms with E-state index in [2.05, 4.69) is 9.88 Å². The van der Waals surface area contributed by atoms with Crippen molar-refractivity contribution in [3.63, 3.8) is 0 Å². The maximum atomic E-state index is 13.2. The maximum absolute atomic E-state index is 13.2. The van der Waals surface area contributed by atoms with Crippen molar-refractivity contribution in [2.24, 2.45) is 0 Å². The van der Waals surface area contributed by atoms with E-state index < -0.39 is 10.0 Å². The van der Waals surface area contributed by atoms with Gasteiger partial charge in [0.2, 0.25) is 10.0 Å². The highest BCUT2D eigenvalue weighted by Gasteiger charge is 2.27. The molecule has 30 heavy (non-hydrogen) atoms. The minimum Gasteiger partial charge on any atom is -0.353 e. The molecule has 0 bridgehead atoms. The van der Waals surface area contributed by atoms with Gasteiger partial charge in [-0.1, -0.05) is 31.5 Å². The topological polar surface area (TPSA) is 73.8 Å². The second-order valence-electron chi connectivity index (χ2n) is 7.18. The van der Waals surface area contributed by atoms with Gasteiger partial charge in [0, 0.05) is 51.0 Å². The molecule has 0 saturated carbocycles. The summed E-state index contributed by atoms with van der Waals surface area (Å²) >= 11 is 5.90. The predicted molar refractivity (Wildman–Crippen MR) is 119 cm³/mol. The normalized spacial score (nSPS) is 15.0. The number of nitrogens with zero attached hydrogens (tertiary/aromatic N) is 4. The average Bonchev–Trinajstić information content (AvgIpc) is 2.75. The van der Waals surface area contributed by atoms with Crippen molar-refractivity contribution in [2.75, 3.05) is 44.2 Å².